The Kier molecular flexibility index (Phi) is 3.42. The molecule has 0 fully saturated rings. The highest BCUT2D eigenvalue weighted by Gasteiger charge is 2.34. The zero-order chi connectivity index (χ0) is 14.3. The van der Waals surface area contributed by atoms with E-state index in [0.717, 1.165) is 16.8 Å². The van der Waals surface area contributed by atoms with Crippen LogP contribution in [0.15, 0.2) is 42.5 Å². The van der Waals surface area contributed by atoms with Crippen molar-refractivity contribution < 1.29 is 4.79 Å². The predicted molar refractivity (Wildman–Crippen MR) is 81.0 cm³/mol. The first-order valence-corrected chi connectivity index (χ1v) is 6.93. The number of hydrogen-bond donors (Lipinski definition) is 1. The third-order valence-corrected chi connectivity index (χ3v) is 3.89. The van der Waals surface area contributed by atoms with E-state index < -0.39 is 6.04 Å². The van der Waals surface area contributed by atoms with Crippen LogP contribution in [0.2, 0.25) is 10.0 Å². The first kappa shape index (κ1) is 13.4. The number of amides is 1. The number of carbonyl (C=O) groups excluding carboxylic acids is 1. The summed E-state index contributed by atoms with van der Waals surface area (Å²) in [7, 11) is 0. The fourth-order valence-electron chi connectivity index (χ4n) is 2.38. The molecule has 0 spiro atoms. The molecule has 0 saturated heterocycles. The smallest absolute Gasteiger partial charge is 0.248 e. The molecule has 0 aliphatic carbocycles. The summed E-state index contributed by atoms with van der Waals surface area (Å²) in [5.74, 6) is -0.114. The van der Waals surface area contributed by atoms with Crippen LogP contribution in [0.4, 0.5) is 5.69 Å². The van der Waals surface area contributed by atoms with Crippen molar-refractivity contribution in [3.63, 3.8) is 0 Å². The maximum atomic E-state index is 12.3. The van der Waals surface area contributed by atoms with Crippen LogP contribution in [0.5, 0.6) is 0 Å². The van der Waals surface area contributed by atoms with Gasteiger partial charge in [0, 0.05) is 21.3 Å². The Hall–Kier alpha value is -1.55. The van der Waals surface area contributed by atoms with Crippen LogP contribution >= 0.6 is 23.2 Å². The minimum Gasteiger partial charge on any atom is -0.316 e. The summed E-state index contributed by atoms with van der Waals surface area (Å²) in [4.78, 5) is 14.0. The van der Waals surface area contributed by atoms with Gasteiger partial charge in [0.25, 0.3) is 0 Å². The van der Waals surface area contributed by atoms with E-state index in [1.165, 1.54) is 0 Å². The van der Waals surface area contributed by atoms with Crippen LogP contribution in [0.3, 0.4) is 0 Å². The molecule has 3 nitrogen and oxygen atoms in total. The average molecular weight is 307 g/mol. The summed E-state index contributed by atoms with van der Waals surface area (Å²) in [6, 6.07) is 12.1. The average Bonchev–Trinajstić information content (AvgIpc) is 2.66. The molecule has 0 unspecified atom stereocenters. The lowest BCUT2D eigenvalue weighted by Gasteiger charge is -2.17. The number of hydrogen-bond acceptors (Lipinski definition) is 2. The number of rotatable bonds is 2. The normalized spacial score (nSPS) is 17.4. The monoisotopic (exact) mass is 306 g/mol. The minimum atomic E-state index is -0.643. The molecule has 20 heavy (non-hydrogen) atoms. The van der Waals surface area contributed by atoms with Gasteiger partial charge in [0.05, 0.1) is 6.54 Å². The number of carbonyl (C=O) groups is 1. The predicted octanol–water partition coefficient (Wildman–Crippen LogP) is 3.54. The highest BCUT2D eigenvalue weighted by atomic mass is 35.5. The van der Waals surface area contributed by atoms with Crippen LogP contribution in [0.1, 0.15) is 17.2 Å². The van der Waals surface area contributed by atoms with Gasteiger partial charge in [0.15, 0.2) is 0 Å². The largest absolute Gasteiger partial charge is 0.316 e. The molecule has 102 valence electrons. The zero-order valence-corrected chi connectivity index (χ0v) is 12.0. The first-order valence-electron chi connectivity index (χ1n) is 6.17. The van der Waals surface area contributed by atoms with Crippen molar-refractivity contribution in [3.05, 3.63) is 63.6 Å². The van der Waals surface area contributed by atoms with Crippen LogP contribution in [-0.2, 0) is 11.3 Å². The molecule has 3 rings (SSSR count). The molecule has 0 saturated carbocycles. The molecule has 2 N–H and O–H groups in total. The van der Waals surface area contributed by atoms with E-state index in [-0.39, 0.29) is 5.91 Å². The van der Waals surface area contributed by atoms with Gasteiger partial charge in [-0.2, -0.15) is 0 Å². The zero-order valence-electron chi connectivity index (χ0n) is 10.5. The molecule has 5 heteroatoms. The van der Waals surface area contributed by atoms with E-state index in [1.54, 1.807) is 29.2 Å². The maximum Gasteiger partial charge on any atom is 0.248 e. The topological polar surface area (TPSA) is 46.3 Å². The number of anilines is 1. The number of benzene rings is 2. The highest BCUT2D eigenvalue weighted by Crippen LogP contribution is 2.37. The summed E-state index contributed by atoms with van der Waals surface area (Å²) >= 11 is 11.8. The van der Waals surface area contributed by atoms with Crippen LogP contribution < -0.4 is 10.6 Å². The van der Waals surface area contributed by atoms with Crippen molar-refractivity contribution in [2.24, 2.45) is 5.73 Å². The summed E-state index contributed by atoms with van der Waals surface area (Å²) in [5.41, 5.74) is 8.55. The summed E-state index contributed by atoms with van der Waals surface area (Å²) in [5, 5.41) is 1.26. The molecule has 2 aromatic rings. The number of nitrogens with two attached hydrogens (primary N) is 1. The molecular weight excluding hydrogens is 295 g/mol. The molecule has 1 atom stereocenters. The quantitative estimate of drug-likeness (QED) is 0.922. The van der Waals surface area contributed by atoms with Gasteiger partial charge in [-0.25, -0.2) is 0 Å². The van der Waals surface area contributed by atoms with Crippen LogP contribution in [-0.4, -0.2) is 5.91 Å². The van der Waals surface area contributed by atoms with Gasteiger partial charge in [0.1, 0.15) is 6.04 Å². The second-order valence-corrected chi connectivity index (χ2v) is 5.60. The van der Waals surface area contributed by atoms with E-state index in [1.807, 2.05) is 18.2 Å². The Balaban J connectivity index is 1.95. The number of halogens is 2. The lowest BCUT2D eigenvalue weighted by atomic mass is 10.1. The molecule has 1 amide bonds. The maximum absolute atomic E-state index is 12.3. The molecule has 2 aromatic carbocycles. The van der Waals surface area contributed by atoms with Gasteiger partial charge >= 0.3 is 0 Å². The summed E-state index contributed by atoms with van der Waals surface area (Å²) in [6.07, 6.45) is 0. The molecule has 1 aliphatic heterocycles. The van der Waals surface area contributed by atoms with Crippen LogP contribution in [0.25, 0.3) is 0 Å². The number of nitrogens with zero attached hydrogens (tertiary/aromatic N) is 1. The third kappa shape index (κ3) is 2.29. The van der Waals surface area contributed by atoms with E-state index in [9.17, 15) is 4.79 Å². The molecule has 0 bridgehead atoms. The van der Waals surface area contributed by atoms with Crippen molar-refractivity contribution in [1.29, 1.82) is 0 Å². The van der Waals surface area contributed by atoms with Crippen LogP contribution in [0, 0.1) is 0 Å². The minimum absolute atomic E-state index is 0.114. The van der Waals surface area contributed by atoms with Crippen molar-refractivity contribution >= 4 is 34.8 Å². The Labute approximate surface area is 126 Å². The van der Waals surface area contributed by atoms with E-state index >= 15 is 0 Å². The lowest BCUT2D eigenvalue weighted by molar-refractivity contribution is -0.119. The van der Waals surface area contributed by atoms with Gasteiger partial charge in [-0.15, -0.1) is 0 Å². The standard InChI is InChI=1S/C15H12Cl2N2O/c16-10-3-1-9(2-4-10)8-19-13-6-5-11(17)7-12(13)14(18)15(19)20/h1-7,14H,8,18H2/t14-/m0/s1. The first-order chi connectivity index (χ1) is 9.56. The molecule has 1 heterocycles. The number of fused-ring (bicyclic) bond motifs is 1. The molecule has 0 radical (unpaired) electrons. The second kappa shape index (κ2) is 5.09. The van der Waals surface area contributed by atoms with Gasteiger partial charge < -0.3 is 10.6 Å². The van der Waals surface area contributed by atoms with Gasteiger partial charge in [-0.05, 0) is 35.9 Å². The fraction of sp³-hybridized carbons (Fsp3) is 0.133. The van der Waals surface area contributed by atoms with E-state index in [0.29, 0.717) is 16.6 Å². The third-order valence-electron chi connectivity index (χ3n) is 3.40. The Morgan fingerprint density at radius 3 is 2.40 bits per heavy atom. The van der Waals surface area contributed by atoms with E-state index in [2.05, 4.69) is 0 Å². The SMILES string of the molecule is N[C@@H]1C(=O)N(Cc2ccc(Cl)cc2)c2ccc(Cl)cc21. The van der Waals surface area contributed by atoms with Gasteiger partial charge in [0.2, 0.25) is 5.91 Å². The summed E-state index contributed by atoms with van der Waals surface area (Å²) < 4.78 is 0. The fourth-order valence-corrected chi connectivity index (χ4v) is 2.68. The molecule has 1 aliphatic rings. The van der Waals surface area contributed by atoms with Crippen molar-refractivity contribution in [2.45, 2.75) is 12.6 Å². The van der Waals surface area contributed by atoms with Gasteiger partial charge in [-0.3, -0.25) is 4.79 Å². The Morgan fingerprint density at radius 2 is 1.70 bits per heavy atom. The highest BCUT2D eigenvalue weighted by molar-refractivity contribution is 6.31. The second-order valence-electron chi connectivity index (χ2n) is 4.73. The molecular formula is C15H12Cl2N2O. The Morgan fingerprint density at radius 1 is 1.05 bits per heavy atom. The van der Waals surface area contributed by atoms with Crippen molar-refractivity contribution in [3.8, 4) is 0 Å². The Bertz CT molecular complexity index is 670. The van der Waals surface area contributed by atoms with Gasteiger partial charge in [-0.1, -0.05) is 35.3 Å². The lowest BCUT2D eigenvalue weighted by Crippen LogP contribution is -2.31. The van der Waals surface area contributed by atoms with Crippen molar-refractivity contribution in [1.82, 2.24) is 0 Å². The van der Waals surface area contributed by atoms with E-state index in [4.69, 9.17) is 28.9 Å². The molecule has 0 aromatic heterocycles. The summed E-state index contributed by atoms with van der Waals surface area (Å²) in [6.45, 7) is 0.471. The van der Waals surface area contributed by atoms with Crippen molar-refractivity contribution in [2.75, 3.05) is 4.90 Å².